The Morgan fingerprint density at radius 2 is 2.13 bits per heavy atom. The number of Topliss-reactive ketones (excluding diaryl/α,β-unsaturated/α-hetero) is 1. The minimum absolute atomic E-state index is 0.263. The fourth-order valence-electron chi connectivity index (χ4n) is 2.36. The molecule has 0 N–H and O–H groups in total. The molecule has 1 unspecified atom stereocenters. The fraction of sp³-hybridized carbons (Fsp3) is 0.462. The molecule has 1 aliphatic rings. The Kier molecular flexibility index (Phi) is 2.51. The number of carbonyl (C=O) groups excluding carboxylic acids is 1. The lowest BCUT2D eigenvalue weighted by Crippen LogP contribution is -2.16. The first-order valence-corrected chi connectivity index (χ1v) is 5.36. The van der Waals surface area contributed by atoms with Gasteiger partial charge in [0.25, 0.3) is 0 Å². The normalized spacial score (nSPS) is 19.9. The second-order valence-electron chi connectivity index (χ2n) is 4.24. The lowest BCUT2D eigenvalue weighted by Gasteiger charge is -2.25. The molecule has 0 spiro atoms. The Labute approximate surface area is 90.3 Å². The Morgan fingerprint density at radius 1 is 1.40 bits per heavy atom. The van der Waals surface area contributed by atoms with E-state index in [2.05, 4.69) is 6.92 Å². The van der Waals surface area contributed by atoms with Gasteiger partial charge in [-0.1, -0.05) is 13.0 Å². The molecule has 0 fully saturated rings. The second-order valence-corrected chi connectivity index (χ2v) is 4.24. The van der Waals surface area contributed by atoms with Crippen LogP contribution in [-0.4, -0.2) is 12.9 Å². The molecule has 1 aromatic rings. The van der Waals surface area contributed by atoms with Gasteiger partial charge in [0.05, 0.1) is 7.11 Å². The van der Waals surface area contributed by atoms with Crippen LogP contribution in [0.2, 0.25) is 0 Å². The van der Waals surface area contributed by atoms with Crippen molar-refractivity contribution >= 4 is 5.78 Å². The lowest BCUT2D eigenvalue weighted by atomic mass is 9.80. The number of hydrogen-bond donors (Lipinski definition) is 0. The van der Waals surface area contributed by atoms with Crippen LogP contribution in [0.1, 0.15) is 47.2 Å². The van der Waals surface area contributed by atoms with Crippen molar-refractivity contribution in [2.75, 3.05) is 7.11 Å². The number of ketones is 1. The number of methoxy groups -OCH3 is 1. The van der Waals surface area contributed by atoms with Gasteiger partial charge in [0.15, 0.2) is 5.78 Å². The average molecular weight is 204 g/mol. The summed E-state index contributed by atoms with van der Waals surface area (Å²) < 4.78 is 5.33. The van der Waals surface area contributed by atoms with Crippen molar-refractivity contribution in [2.24, 2.45) is 0 Å². The van der Waals surface area contributed by atoms with E-state index in [1.54, 1.807) is 7.11 Å². The van der Waals surface area contributed by atoms with Gasteiger partial charge in [0.2, 0.25) is 0 Å². The molecule has 1 aliphatic carbocycles. The van der Waals surface area contributed by atoms with Gasteiger partial charge in [-0.25, -0.2) is 0 Å². The average Bonchev–Trinajstić information content (AvgIpc) is 2.23. The Morgan fingerprint density at radius 3 is 2.80 bits per heavy atom. The van der Waals surface area contributed by atoms with E-state index < -0.39 is 0 Å². The molecule has 1 atom stereocenters. The van der Waals surface area contributed by atoms with Crippen LogP contribution < -0.4 is 4.74 Å². The second kappa shape index (κ2) is 3.69. The van der Waals surface area contributed by atoms with Crippen LogP contribution >= 0.6 is 0 Å². The van der Waals surface area contributed by atoms with E-state index >= 15 is 0 Å². The molecule has 0 heterocycles. The molecular formula is C13H16O2. The quantitative estimate of drug-likeness (QED) is 0.702. The highest BCUT2D eigenvalue weighted by Gasteiger charge is 2.27. The zero-order valence-electron chi connectivity index (χ0n) is 9.46. The maximum absolute atomic E-state index is 11.9. The molecular weight excluding hydrogens is 188 g/mol. The zero-order valence-corrected chi connectivity index (χ0v) is 9.46. The Bertz CT molecular complexity index is 407. The van der Waals surface area contributed by atoms with Crippen LogP contribution in [0.3, 0.4) is 0 Å². The highest BCUT2D eigenvalue weighted by molar-refractivity contribution is 6.00. The smallest absolute Gasteiger partial charge is 0.163 e. The van der Waals surface area contributed by atoms with E-state index in [1.165, 1.54) is 0 Å². The van der Waals surface area contributed by atoms with Crippen LogP contribution in [-0.2, 0) is 0 Å². The minimum Gasteiger partial charge on any atom is -0.496 e. The molecule has 0 bridgehead atoms. The van der Waals surface area contributed by atoms with Crippen molar-refractivity contribution in [3.8, 4) is 5.75 Å². The number of ether oxygens (including phenoxy) is 1. The van der Waals surface area contributed by atoms with Crippen molar-refractivity contribution in [1.29, 1.82) is 0 Å². The summed E-state index contributed by atoms with van der Waals surface area (Å²) in [5, 5.41) is 0. The van der Waals surface area contributed by atoms with Gasteiger partial charge in [0.1, 0.15) is 5.75 Å². The van der Waals surface area contributed by atoms with Crippen molar-refractivity contribution in [2.45, 2.75) is 32.6 Å². The molecule has 1 aromatic carbocycles. The minimum atomic E-state index is 0.263. The van der Waals surface area contributed by atoms with Crippen molar-refractivity contribution in [3.63, 3.8) is 0 Å². The summed E-state index contributed by atoms with van der Waals surface area (Å²) in [4.78, 5) is 11.9. The summed E-state index contributed by atoms with van der Waals surface area (Å²) >= 11 is 0. The van der Waals surface area contributed by atoms with Crippen LogP contribution in [0.15, 0.2) is 12.1 Å². The first-order chi connectivity index (χ1) is 7.15. The molecule has 0 aliphatic heterocycles. The lowest BCUT2D eigenvalue weighted by molar-refractivity contribution is 0.0966. The molecule has 80 valence electrons. The van der Waals surface area contributed by atoms with Gasteiger partial charge in [-0.2, -0.15) is 0 Å². The maximum Gasteiger partial charge on any atom is 0.163 e. The van der Waals surface area contributed by atoms with Crippen molar-refractivity contribution in [3.05, 3.63) is 28.8 Å². The SMILES string of the molecule is COc1ccc(C)c2c1C(C)CCC2=O. The monoisotopic (exact) mass is 204 g/mol. The summed E-state index contributed by atoms with van der Waals surface area (Å²) in [6, 6.07) is 3.93. The van der Waals surface area contributed by atoms with Crippen molar-refractivity contribution in [1.82, 2.24) is 0 Å². The number of aryl methyl sites for hydroxylation is 1. The fourth-order valence-corrected chi connectivity index (χ4v) is 2.36. The molecule has 0 saturated heterocycles. The van der Waals surface area contributed by atoms with Crippen LogP contribution in [0.5, 0.6) is 5.75 Å². The molecule has 0 saturated carbocycles. The first-order valence-electron chi connectivity index (χ1n) is 5.36. The molecule has 0 aromatic heterocycles. The van der Waals surface area contributed by atoms with Gasteiger partial charge in [-0.05, 0) is 30.9 Å². The molecule has 0 amide bonds. The van der Waals surface area contributed by atoms with Crippen LogP contribution in [0.25, 0.3) is 0 Å². The summed E-state index contributed by atoms with van der Waals surface area (Å²) in [6.45, 7) is 4.15. The van der Waals surface area contributed by atoms with Gasteiger partial charge >= 0.3 is 0 Å². The van der Waals surface area contributed by atoms with Crippen LogP contribution in [0.4, 0.5) is 0 Å². The highest BCUT2D eigenvalue weighted by atomic mass is 16.5. The van der Waals surface area contributed by atoms with E-state index in [9.17, 15) is 4.79 Å². The number of hydrogen-bond acceptors (Lipinski definition) is 2. The predicted molar refractivity (Wildman–Crippen MR) is 59.7 cm³/mol. The third-order valence-corrected chi connectivity index (χ3v) is 3.21. The van der Waals surface area contributed by atoms with Crippen molar-refractivity contribution < 1.29 is 9.53 Å². The third kappa shape index (κ3) is 1.54. The largest absolute Gasteiger partial charge is 0.496 e. The first kappa shape index (κ1) is 10.2. The number of benzene rings is 1. The third-order valence-electron chi connectivity index (χ3n) is 3.21. The summed E-state index contributed by atoms with van der Waals surface area (Å²) in [7, 11) is 1.66. The number of carbonyl (C=O) groups is 1. The standard InChI is InChI=1S/C13H16O2/c1-8-5-7-11(15-3)13-9(2)4-6-10(14)12(8)13/h5,7,9H,4,6H2,1-3H3. The van der Waals surface area contributed by atoms with E-state index in [-0.39, 0.29) is 5.78 Å². The molecule has 2 heteroatoms. The van der Waals surface area contributed by atoms with E-state index in [4.69, 9.17) is 4.74 Å². The summed E-state index contributed by atoms with van der Waals surface area (Å²) in [5.74, 6) is 1.54. The van der Waals surface area contributed by atoms with Gasteiger partial charge in [0, 0.05) is 17.5 Å². The molecule has 0 radical (unpaired) electrons. The summed E-state index contributed by atoms with van der Waals surface area (Å²) in [6.07, 6.45) is 1.60. The maximum atomic E-state index is 11.9. The Hall–Kier alpha value is -1.31. The van der Waals surface area contributed by atoms with Gasteiger partial charge in [-0.15, -0.1) is 0 Å². The summed E-state index contributed by atoms with van der Waals surface area (Å²) in [5.41, 5.74) is 3.07. The number of fused-ring (bicyclic) bond motifs is 1. The zero-order chi connectivity index (χ0) is 11.0. The van der Waals surface area contributed by atoms with E-state index in [0.717, 1.165) is 28.9 Å². The number of rotatable bonds is 1. The van der Waals surface area contributed by atoms with Crippen LogP contribution in [0, 0.1) is 6.92 Å². The van der Waals surface area contributed by atoms with E-state index in [1.807, 2.05) is 19.1 Å². The van der Waals surface area contributed by atoms with Gasteiger partial charge < -0.3 is 4.74 Å². The van der Waals surface area contributed by atoms with Gasteiger partial charge in [-0.3, -0.25) is 4.79 Å². The molecule has 15 heavy (non-hydrogen) atoms. The topological polar surface area (TPSA) is 26.3 Å². The molecule has 2 rings (SSSR count). The highest BCUT2D eigenvalue weighted by Crippen LogP contribution is 2.38. The molecule has 2 nitrogen and oxygen atoms in total. The van der Waals surface area contributed by atoms with E-state index in [0.29, 0.717) is 12.3 Å². The predicted octanol–water partition coefficient (Wildman–Crippen LogP) is 3.08. The Balaban J connectivity index is 2.68.